The zero-order valence-corrected chi connectivity index (χ0v) is 53.1. The number of hydrogen-bond donors (Lipinski definition) is 6. The van der Waals surface area contributed by atoms with E-state index in [1.165, 1.54) is 68.8 Å². The van der Waals surface area contributed by atoms with E-state index < -0.39 is 120 Å². The standard InChI is InChI=1S/C58H105N11O12/c1-23-26-27-38(14)31-43(51(74)61-40(24-2)53(76)64(17)32-46(70)71)66(19)54(77)41(25-3)65(18)55(78)44(29-34(6)7)68(21)56(79)45(30-35(8)9)69(22)58(81)63-49(72)39(15)60-50(73)42(28-33(4)5)67(20)57(80)48(37(12)13)62-52(75)47(59-16)36(10)11/h23,26,33-45,47-48,59H,24-25,27-32H2,1-22H3,(H,60,73)(H,61,74)(H,62,75)(H,70,71)(H,63,72,81)/b26-23+/t38-,39-,40+,41+,42+,43?,44+,45+,47+,48+/m1/s1. The normalized spacial score (nSPS) is 15.3. The van der Waals surface area contributed by atoms with Crippen molar-refractivity contribution in [2.45, 2.75) is 203 Å². The van der Waals surface area contributed by atoms with E-state index >= 15 is 0 Å². The topological polar surface area (TPSA) is 288 Å². The van der Waals surface area contributed by atoms with Gasteiger partial charge in [-0.05, 0) is 101 Å². The smallest absolute Gasteiger partial charge is 0.324 e. The van der Waals surface area contributed by atoms with Crippen molar-refractivity contribution in [3.8, 4) is 0 Å². The van der Waals surface area contributed by atoms with Crippen LogP contribution in [0.15, 0.2) is 12.2 Å². The van der Waals surface area contributed by atoms with E-state index in [-0.39, 0.29) is 79.9 Å². The van der Waals surface area contributed by atoms with Crippen LogP contribution < -0.4 is 26.6 Å². The van der Waals surface area contributed by atoms with Gasteiger partial charge in [0.15, 0.2) is 0 Å². The van der Waals surface area contributed by atoms with Crippen LogP contribution in [0.2, 0.25) is 0 Å². The van der Waals surface area contributed by atoms with Gasteiger partial charge >= 0.3 is 12.0 Å². The van der Waals surface area contributed by atoms with Gasteiger partial charge in [0, 0.05) is 42.3 Å². The Labute approximate surface area is 484 Å². The molecule has 0 fully saturated rings. The Bertz CT molecular complexity index is 2150. The molecule has 0 aromatic carbocycles. The molecule has 81 heavy (non-hydrogen) atoms. The van der Waals surface area contributed by atoms with Gasteiger partial charge < -0.3 is 55.8 Å². The predicted octanol–water partition coefficient (Wildman–Crippen LogP) is 3.70. The molecule has 0 heterocycles. The summed E-state index contributed by atoms with van der Waals surface area (Å²) in [6.45, 7) is 26.5. The Kier molecular flexibility index (Phi) is 33.0. The van der Waals surface area contributed by atoms with Crippen LogP contribution in [-0.4, -0.2) is 210 Å². The van der Waals surface area contributed by atoms with Gasteiger partial charge in [-0.15, -0.1) is 0 Å². The number of carboxylic acids is 1. The molecule has 0 aliphatic carbocycles. The van der Waals surface area contributed by atoms with Crippen LogP contribution in [0.1, 0.15) is 149 Å². The second kappa shape index (κ2) is 35.7. The molecule has 0 radical (unpaired) electrons. The first-order valence-electron chi connectivity index (χ1n) is 28.8. The molecule has 23 heteroatoms. The summed E-state index contributed by atoms with van der Waals surface area (Å²) in [6.07, 6.45) is 5.31. The maximum absolute atomic E-state index is 14.8. The molecule has 10 atom stereocenters. The fourth-order valence-electron chi connectivity index (χ4n) is 9.57. The molecule has 0 saturated heterocycles. The number of allylic oxidation sites excluding steroid dienone is 2. The van der Waals surface area contributed by atoms with Gasteiger partial charge in [0.25, 0.3) is 0 Å². The molecule has 0 aromatic heterocycles. The zero-order valence-electron chi connectivity index (χ0n) is 53.1. The van der Waals surface area contributed by atoms with Crippen LogP contribution in [0.5, 0.6) is 0 Å². The van der Waals surface area contributed by atoms with Crippen molar-refractivity contribution in [1.82, 2.24) is 56.0 Å². The van der Waals surface area contributed by atoms with Crippen LogP contribution >= 0.6 is 0 Å². The molecule has 0 aliphatic rings. The van der Waals surface area contributed by atoms with Crippen LogP contribution in [-0.2, 0) is 47.9 Å². The van der Waals surface area contributed by atoms with Crippen LogP contribution in [0.4, 0.5) is 4.79 Å². The number of imide groups is 1. The van der Waals surface area contributed by atoms with Crippen LogP contribution in [0.25, 0.3) is 0 Å². The first kappa shape index (κ1) is 74.9. The number of carbonyl (C=O) groups excluding carboxylic acids is 10. The summed E-state index contributed by atoms with van der Waals surface area (Å²) in [7, 11) is 10.2. The molecule has 0 saturated carbocycles. The molecule has 0 aromatic rings. The minimum absolute atomic E-state index is 0.0701. The number of nitrogens with one attached hydrogen (secondary N) is 5. The van der Waals surface area contributed by atoms with E-state index in [1.807, 2.05) is 81.4 Å². The van der Waals surface area contributed by atoms with Crippen molar-refractivity contribution in [3.05, 3.63) is 12.2 Å². The molecule has 0 rings (SSSR count). The summed E-state index contributed by atoms with van der Waals surface area (Å²) in [5.74, 6) is -7.57. The van der Waals surface area contributed by atoms with Gasteiger partial charge in [-0.25, -0.2) is 4.79 Å². The average molecular weight is 1150 g/mol. The summed E-state index contributed by atoms with van der Waals surface area (Å²) in [5.41, 5.74) is 0. The monoisotopic (exact) mass is 1150 g/mol. The number of amides is 11. The number of rotatable bonds is 34. The van der Waals surface area contributed by atoms with E-state index in [0.717, 1.165) is 9.80 Å². The fourth-order valence-corrected chi connectivity index (χ4v) is 9.57. The lowest BCUT2D eigenvalue weighted by Crippen LogP contribution is -2.61. The lowest BCUT2D eigenvalue weighted by Gasteiger charge is -2.39. The van der Waals surface area contributed by atoms with Crippen molar-refractivity contribution in [2.75, 3.05) is 55.9 Å². The molecule has 11 amide bonds. The highest BCUT2D eigenvalue weighted by atomic mass is 16.4. The first-order valence-corrected chi connectivity index (χ1v) is 28.8. The molecule has 0 bridgehead atoms. The molecular formula is C58H105N11O12. The predicted molar refractivity (Wildman–Crippen MR) is 313 cm³/mol. The molecule has 1 unspecified atom stereocenters. The van der Waals surface area contributed by atoms with E-state index in [9.17, 15) is 57.8 Å². The highest BCUT2D eigenvalue weighted by Crippen LogP contribution is 2.23. The molecule has 464 valence electrons. The molecule has 6 N–H and O–H groups in total. The molecule has 0 aliphatic heterocycles. The summed E-state index contributed by atoms with van der Waals surface area (Å²) < 4.78 is 0. The van der Waals surface area contributed by atoms with Crippen molar-refractivity contribution in [3.63, 3.8) is 0 Å². The third-order valence-electron chi connectivity index (χ3n) is 14.6. The second-order valence-electron chi connectivity index (χ2n) is 23.8. The maximum Gasteiger partial charge on any atom is 0.324 e. The number of likely N-dealkylation sites (N-methyl/N-ethyl adjacent to an activating group) is 7. The molecule has 23 nitrogen and oxygen atoms in total. The van der Waals surface area contributed by atoms with Crippen LogP contribution in [0.3, 0.4) is 0 Å². The minimum Gasteiger partial charge on any atom is -0.480 e. The third kappa shape index (κ3) is 23.3. The summed E-state index contributed by atoms with van der Waals surface area (Å²) in [4.78, 5) is 159. The van der Waals surface area contributed by atoms with E-state index in [1.54, 1.807) is 34.7 Å². The van der Waals surface area contributed by atoms with E-state index in [0.29, 0.717) is 6.42 Å². The number of carboxylic acid groups (broad SMARTS) is 1. The number of hydrogen-bond acceptors (Lipinski definition) is 12. The number of urea groups is 1. The Morgan fingerprint density at radius 3 is 1.32 bits per heavy atom. The van der Waals surface area contributed by atoms with Crippen molar-refractivity contribution < 1.29 is 57.8 Å². The lowest BCUT2D eigenvalue weighted by molar-refractivity contribution is -0.153. The SMILES string of the molecule is C/C=C/C[C@@H](C)CC(C(=O)N[C@@H](CC)C(=O)N(C)CC(=O)O)N(C)C(=O)[C@H](CC)N(C)C(=O)[C@H](CC(C)C)N(C)C(=O)[C@H](CC(C)C)N(C)C(=O)NC(=O)[C@@H](C)NC(=O)[C@H](CC(C)C)N(C)C(=O)[C@@H](NC(=O)[C@@H](NC)C(C)C)C(C)C. The number of nitrogens with zero attached hydrogens (tertiary/aromatic N) is 6. The van der Waals surface area contributed by atoms with Gasteiger partial charge in [0.1, 0.15) is 54.9 Å². The Morgan fingerprint density at radius 2 is 0.889 bits per heavy atom. The van der Waals surface area contributed by atoms with Gasteiger partial charge in [0.2, 0.25) is 53.2 Å². The Morgan fingerprint density at radius 1 is 0.469 bits per heavy atom. The van der Waals surface area contributed by atoms with Crippen LogP contribution in [0, 0.1) is 35.5 Å². The van der Waals surface area contributed by atoms with Crippen molar-refractivity contribution >= 4 is 65.2 Å². The van der Waals surface area contributed by atoms with Crippen molar-refractivity contribution in [1.29, 1.82) is 0 Å². The largest absolute Gasteiger partial charge is 0.480 e. The van der Waals surface area contributed by atoms with E-state index in [2.05, 4.69) is 26.6 Å². The highest BCUT2D eigenvalue weighted by molar-refractivity contribution is 6.01. The third-order valence-corrected chi connectivity index (χ3v) is 14.6. The maximum atomic E-state index is 14.8. The molecular weight excluding hydrogens is 1040 g/mol. The average Bonchev–Trinajstić information content (AvgIpc) is 3.38. The molecule has 0 spiro atoms. The number of carbonyl (C=O) groups is 11. The summed E-state index contributed by atoms with van der Waals surface area (Å²) in [6, 6.07) is -10.5. The Balaban J connectivity index is 6.81. The van der Waals surface area contributed by atoms with Gasteiger partial charge in [-0.3, -0.25) is 53.3 Å². The summed E-state index contributed by atoms with van der Waals surface area (Å²) in [5, 5.41) is 22.8. The van der Waals surface area contributed by atoms with Gasteiger partial charge in [-0.2, -0.15) is 0 Å². The van der Waals surface area contributed by atoms with E-state index in [4.69, 9.17) is 0 Å². The quantitative estimate of drug-likeness (QED) is 0.0502. The first-order chi connectivity index (χ1) is 37.5. The lowest BCUT2D eigenvalue weighted by atomic mass is 9.95. The van der Waals surface area contributed by atoms with Gasteiger partial charge in [-0.1, -0.05) is 102 Å². The number of aliphatic carboxylic acids is 1. The summed E-state index contributed by atoms with van der Waals surface area (Å²) >= 11 is 0. The second-order valence-corrected chi connectivity index (χ2v) is 23.8. The van der Waals surface area contributed by atoms with Crippen molar-refractivity contribution in [2.24, 2.45) is 35.5 Å². The minimum atomic E-state index is -1.30. The van der Waals surface area contributed by atoms with Gasteiger partial charge in [0.05, 0.1) is 6.04 Å². The zero-order chi connectivity index (χ0) is 63.1. The Hall–Kier alpha value is -6.13. The highest BCUT2D eigenvalue weighted by Gasteiger charge is 2.42. The fraction of sp³-hybridized carbons (Fsp3) is 0.776.